The summed E-state index contributed by atoms with van der Waals surface area (Å²) in [5.41, 5.74) is 7.45. The van der Waals surface area contributed by atoms with Crippen LogP contribution >= 0.6 is 12.2 Å². The van der Waals surface area contributed by atoms with Crippen molar-refractivity contribution >= 4 is 34.7 Å². The van der Waals surface area contributed by atoms with E-state index in [9.17, 15) is 9.90 Å². The van der Waals surface area contributed by atoms with E-state index in [-0.39, 0.29) is 17.6 Å². The summed E-state index contributed by atoms with van der Waals surface area (Å²) in [7, 11) is 4.05. The van der Waals surface area contributed by atoms with E-state index in [1.54, 1.807) is 18.3 Å². The van der Waals surface area contributed by atoms with Crippen LogP contribution in [0.2, 0.25) is 0 Å². The minimum absolute atomic E-state index is 0.133. The summed E-state index contributed by atoms with van der Waals surface area (Å²) >= 11 is 5.89. The van der Waals surface area contributed by atoms with Crippen LogP contribution in [-0.4, -0.2) is 39.8 Å². The number of carboxylic acids is 1. The van der Waals surface area contributed by atoms with Gasteiger partial charge in [0.25, 0.3) is 0 Å². The van der Waals surface area contributed by atoms with E-state index in [1.807, 2.05) is 44.4 Å². The van der Waals surface area contributed by atoms with E-state index in [4.69, 9.17) is 12.2 Å². The summed E-state index contributed by atoms with van der Waals surface area (Å²) in [6.07, 6.45) is 1.80. The highest BCUT2D eigenvalue weighted by Gasteiger charge is 2.42. The molecule has 1 aliphatic heterocycles. The average molecular weight is 512 g/mol. The number of aromatic carboxylic acids is 1. The molecule has 37 heavy (non-hydrogen) atoms. The van der Waals surface area contributed by atoms with Gasteiger partial charge in [-0.25, -0.2) is 4.79 Å². The third-order valence-electron chi connectivity index (χ3n) is 6.90. The zero-order valence-electron chi connectivity index (χ0n) is 21.2. The zero-order chi connectivity index (χ0) is 26.3. The Morgan fingerprint density at radius 1 is 1.00 bits per heavy atom. The number of carboxylic acid groups (broad SMARTS) is 1. The van der Waals surface area contributed by atoms with E-state index in [0.29, 0.717) is 5.11 Å². The summed E-state index contributed by atoms with van der Waals surface area (Å²) in [4.78, 5) is 20.3. The molecule has 2 aromatic heterocycles. The third kappa shape index (κ3) is 4.44. The lowest BCUT2D eigenvalue weighted by molar-refractivity contribution is 0.0697. The molecule has 0 unspecified atom stereocenters. The number of anilines is 2. The van der Waals surface area contributed by atoms with Crippen LogP contribution < -0.4 is 15.1 Å². The lowest BCUT2D eigenvalue weighted by atomic mass is 9.96. The van der Waals surface area contributed by atoms with Crippen molar-refractivity contribution in [2.24, 2.45) is 0 Å². The number of carbonyl (C=O) groups is 1. The summed E-state index contributed by atoms with van der Waals surface area (Å²) in [6.45, 7) is 4.16. The second-order valence-corrected chi connectivity index (χ2v) is 9.81. The summed E-state index contributed by atoms with van der Waals surface area (Å²) in [5.74, 6) is -0.937. The van der Waals surface area contributed by atoms with E-state index in [2.05, 4.69) is 68.8 Å². The summed E-state index contributed by atoms with van der Waals surface area (Å²) in [5, 5.41) is 13.5. The number of aryl methyl sites for hydroxylation is 1. The van der Waals surface area contributed by atoms with Gasteiger partial charge in [-0.15, -0.1) is 0 Å². The first-order chi connectivity index (χ1) is 17.8. The summed E-state index contributed by atoms with van der Waals surface area (Å²) < 4.78 is 2.16. The molecule has 0 amide bonds. The first-order valence-electron chi connectivity index (χ1n) is 12.1. The molecule has 5 rings (SSSR count). The number of nitrogens with zero attached hydrogens (tertiary/aromatic N) is 4. The molecule has 7 nitrogen and oxygen atoms in total. The molecule has 2 N–H and O–H groups in total. The van der Waals surface area contributed by atoms with Gasteiger partial charge < -0.3 is 24.8 Å². The lowest BCUT2D eigenvalue weighted by Crippen LogP contribution is -2.29. The normalized spacial score (nSPS) is 17.1. The highest BCUT2D eigenvalue weighted by atomic mass is 32.1. The maximum Gasteiger partial charge on any atom is 0.335 e. The van der Waals surface area contributed by atoms with Crippen molar-refractivity contribution < 1.29 is 9.90 Å². The molecule has 188 valence electrons. The first-order valence-corrected chi connectivity index (χ1v) is 12.5. The van der Waals surface area contributed by atoms with E-state index >= 15 is 0 Å². The van der Waals surface area contributed by atoms with Crippen LogP contribution in [0, 0.1) is 13.8 Å². The SMILES string of the molecule is Cc1cc([C@H]2[C@@H](c3ccccn3)NC(=S)N2c2ccc(N(C)C)cc2)c(C)n1-c1ccc(C(=O)O)cc1. The number of hydrogen-bond donors (Lipinski definition) is 2. The molecule has 1 aliphatic rings. The molecule has 1 saturated heterocycles. The average Bonchev–Trinajstić information content (AvgIpc) is 3.39. The fourth-order valence-electron chi connectivity index (χ4n) is 5.10. The van der Waals surface area contributed by atoms with Crippen LogP contribution in [0.1, 0.15) is 45.1 Å². The Labute approximate surface area is 222 Å². The quantitative estimate of drug-likeness (QED) is 0.334. The zero-order valence-corrected chi connectivity index (χ0v) is 22.0. The standard InChI is InChI=1S/C29H29N5O2S/c1-18-17-24(19(2)33(18)22-10-8-20(9-11-22)28(35)36)27-26(25-7-5-6-16-30-25)31-29(37)34(27)23-14-12-21(13-15-23)32(3)4/h5-17,26-27H,1-4H3,(H,31,37)(H,35,36)/t26-,27+/m1/s1. The molecular weight excluding hydrogens is 482 g/mol. The van der Waals surface area contributed by atoms with Gasteiger partial charge in [0, 0.05) is 48.7 Å². The van der Waals surface area contributed by atoms with Crippen LogP contribution in [0.4, 0.5) is 11.4 Å². The minimum Gasteiger partial charge on any atom is -0.478 e. The number of benzene rings is 2. The van der Waals surface area contributed by atoms with Gasteiger partial charge in [-0.3, -0.25) is 4.98 Å². The largest absolute Gasteiger partial charge is 0.478 e. The monoisotopic (exact) mass is 511 g/mol. The van der Waals surface area contributed by atoms with E-state index in [1.165, 1.54) is 0 Å². The fourth-order valence-corrected chi connectivity index (χ4v) is 5.44. The Morgan fingerprint density at radius 3 is 2.27 bits per heavy atom. The molecule has 4 aromatic rings. The van der Waals surface area contributed by atoms with Crippen molar-refractivity contribution in [3.63, 3.8) is 0 Å². The van der Waals surface area contributed by atoms with E-state index in [0.717, 1.165) is 39.7 Å². The number of pyridine rings is 1. The second kappa shape index (κ2) is 9.71. The third-order valence-corrected chi connectivity index (χ3v) is 7.22. The lowest BCUT2D eigenvalue weighted by Gasteiger charge is -2.28. The van der Waals surface area contributed by atoms with Crippen molar-refractivity contribution in [2.75, 3.05) is 23.9 Å². The van der Waals surface area contributed by atoms with E-state index < -0.39 is 5.97 Å². The highest BCUT2D eigenvalue weighted by Crippen LogP contribution is 2.44. The van der Waals surface area contributed by atoms with Crippen LogP contribution in [0.25, 0.3) is 5.69 Å². The number of hydrogen-bond acceptors (Lipinski definition) is 4. The number of rotatable bonds is 6. The van der Waals surface area contributed by atoms with Gasteiger partial charge in [0.2, 0.25) is 0 Å². The molecule has 0 bridgehead atoms. The molecule has 0 aliphatic carbocycles. The van der Waals surface area contributed by atoms with Gasteiger partial charge in [-0.05, 0) is 98.4 Å². The molecule has 0 spiro atoms. The topological polar surface area (TPSA) is 73.6 Å². The molecule has 8 heteroatoms. The molecule has 3 heterocycles. The van der Waals surface area contributed by atoms with Gasteiger partial charge in [0.05, 0.1) is 23.3 Å². The maximum absolute atomic E-state index is 11.4. The predicted molar refractivity (Wildman–Crippen MR) is 151 cm³/mol. The van der Waals surface area contributed by atoms with Crippen LogP contribution in [0.15, 0.2) is 79.0 Å². The molecule has 2 aromatic carbocycles. The Kier molecular flexibility index (Phi) is 6.43. The minimum atomic E-state index is -0.937. The van der Waals surface area contributed by atoms with Gasteiger partial charge in [-0.2, -0.15) is 0 Å². The van der Waals surface area contributed by atoms with Crippen LogP contribution in [-0.2, 0) is 0 Å². The number of nitrogens with one attached hydrogen (secondary N) is 1. The Morgan fingerprint density at radius 2 is 1.68 bits per heavy atom. The van der Waals surface area contributed by atoms with Crippen molar-refractivity contribution in [1.82, 2.24) is 14.9 Å². The Balaban J connectivity index is 1.63. The Hall–Kier alpha value is -4.17. The van der Waals surface area contributed by atoms with Crippen molar-refractivity contribution in [3.05, 3.63) is 107 Å². The first kappa shape index (κ1) is 24.5. The van der Waals surface area contributed by atoms with Crippen molar-refractivity contribution in [2.45, 2.75) is 25.9 Å². The fraction of sp³-hybridized carbons (Fsp3) is 0.207. The van der Waals surface area contributed by atoms with Gasteiger partial charge >= 0.3 is 5.97 Å². The van der Waals surface area contributed by atoms with Gasteiger partial charge in [0.15, 0.2) is 5.11 Å². The van der Waals surface area contributed by atoms with Gasteiger partial charge in [0.1, 0.15) is 0 Å². The predicted octanol–water partition coefficient (Wildman–Crippen LogP) is 5.43. The molecule has 1 fully saturated rings. The van der Waals surface area contributed by atoms with Crippen LogP contribution in [0.5, 0.6) is 0 Å². The highest BCUT2D eigenvalue weighted by molar-refractivity contribution is 7.80. The van der Waals surface area contributed by atoms with Gasteiger partial charge in [-0.1, -0.05) is 6.07 Å². The Bertz CT molecular complexity index is 1450. The number of aromatic nitrogens is 2. The maximum atomic E-state index is 11.4. The smallest absolute Gasteiger partial charge is 0.335 e. The second-order valence-electron chi connectivity index (χ2n) is 9.42. The molecular formula is C29H29N5O2S. The number of thiocarbonyl (C=S) groups is 1. The van der Waals surface area contributed by atoms with Crippen LogP contribution in [0.3, 0.4) is 0 Å². The molecule has 0 radical (unpaired) electrons. The van der Waals surface area contributed by atoms with Crippen molar-refractivity contribution in [3.8, 4) is 5.69 Å². The molecule has 0 saturated carbocycles. The molecule has 2 atom stereocenters. The summed E-state index contributed by atoms with van der Waals surface area (Å²) in [6, 6.07) is 23.2. The van der Waals surface area contributed by atoms with Crippen molar-refractivity contribution in [1.29, 1.82) is 0 Å².